The van der Waals surface area contributed by atoms with Gasteiger partial charge in [-0.2, -0.15) is 0 Å². The molecule has 3 nitrogen and oxygen atoms in total. The molecule has 1 saturated carbocycles. The predicted molar refractivity (Wildman–Crippen MR) is 72.2 cm³/mol. The maximum atomic E-state index is 12.0. The molecule has 2 N–H and O–H groups in total. The summed E-state index contributed by atoms with van der Waals surface area (Å²) >= 11 is 11.8. The Morgan fingerprint density at radius 1 is 1.33 bits per heavy atom. The van der Waals surface area contributed by atoms with Gasteiger partial charge in [-0.1, -0.05) is 42.1 Å². The summed E-state index contributed by atoms with van der Waals surface area (Å²) in [6.45, 7) is 0.259. The van der Waals surface area contributed by atoms with E-state index in [0.29, 0.717) is 10.6 Å². The molecule has 0 aliphatic heterocycles. The van der Waals surface area contributed by atoms with E-state index in [-0.39, 0.29) is 17.5 Å². The smallest absolute Gasteiger partial charge is 0.252 e. The van der Waals surface area contributed by atoms with Crippen molar-refractivity contribution in [2.24, 2.45) is 0 Å². The average Bonchev–Trinajstić information content (AvgIpc) is 2.77. The molecule has 0 unspecified atom stereocenters. The third kappa shape index (κ3) is 2.97. The van der Waals surface area contributed by atoms with Crippen molar-refractivity contribution in [2.75, 3.05) is 6.54 Å². The molecule has 5 heteroatoms. The van der Waals surface area contributed by atoms with E-state index in [0.717, 1.165) is 25.7 Å². The van der Waals surface area contributed by atoms with Crippen molar-refractivity contribution in [3.63, 3.8) is 0 Å². The quantitative estimate of drug-likeness (QED) is 0.898. The van der Waals surface area contributed by atoms with Crippen molar-refractivity contribution in [3.05, 3.63) is 33.8 Å². The van der Waals surface area contributed by atoms with Crippen molar-refractivity contribution in [1.29, 1.82) is 0 Å². The Bertz CT molecular complexity index is 456. The van der Waals surface area contributed by atoms with E-state index in [1.54, 1.807) is 18.2 Å². The lowest BCUT2D eigenvalue weighted by Crippen LogP contribution is -2.40. The molecule has 0 aromatic heterocycles. The zero-order valence-corrected chi connectivity index (χ0v) is 11.4. The van der Waals surface area contributed by atoms with Gasteiger partial charge < -0.3 is 10.4 Å². The third-order valence-electron chi connectivity index (χ3n) is 3.31. The van der Waals surface area contributed by atoms with Gasteiger partial charge in [0, 0.05) is 6.54 Å². The van der Waals surface area contributed by atoms with Crippen LogP contribution in [0.1, 0.15) is 36.0 Å². The molecule has 1 aliphatic carbocycles. The van der Waals surface area contributed by atoms with E-state index in [4.69, 9.17) is 23.2 Å². The first-order valence-electron chi connectivity index (χ1n) is 5.96. The Balaban J connectivity index is 2.01. The molecule has 1 aromatic rings. The predicted octanol–water partition coefficient (Wildman–Crippen LogP) is 3.03. The molecule has 1 fully saturated rings. The molecule has 1 aromatic carbocycles. The minimum Gasteiger partial charge on any atom is -0.388 e. The van der Waals surface area contributed by atoms with Crippen LogP contribution in [0.3, 0.4) is 0 Å². The molecule has 0 bridgehead atoms. The van der Waals surface area contributed by atoms with Gasteiger partial charge in [0.25, 0.3) is 5.91 Å². The zero-order valence-electron chi connectivity index (χ0n) is 9.88. The van der Waals surface area contributed by atoms with Crippen LogP contribution in [0.5, 0.6) is 0 Å². The molecule has 0 radical (unpaired) electrons. The molecule has 98 valence electrons. The number of rotatable bonds is 3. The van der Waals surface area contributed by atoms with Crippen molar-refractivity contribution >= 4 is 29.1 Å². The molecular formula is C13H15Cl2NO2. The van der Waals surface area contributed by atoms with Gasteiger partial charge in [0.05, 0.1) is 21.2 Å². The summed E-state index contributed by atoms with van der Waals surface area (Å²) < 4.78 is 0. The molecule has 0 heterocycles. The number of hydrogen-bond donors (Lipinski definition) is 2. The number of halogens is 2. The van der Waals surface area contributed by atoms with Gasteiger partial charge in [0.2, 0.25) is 0 Å². The summed E-state index contributed by atoms with van der Waals surface area (Å²) in [7, 11) is 0. The Hall–Kier alpha value is -0.770. The van der Waals surface area contributed by atoms with Crippen LogP contribution in [0.25, 0.3) is 0 Å². The van der Waals surface area contributed by atoms with Crippen molar-refractivity contribution in [2.45, 2.75) is 31.3 Å². The van der Waals surface area contributed by atoms with Crippen LogP contribution in [-0.4, -0.2) is 23.2 Å². The van der Waals surface area contributed by atoms with Gasteiger partial charge in [0.15, 0.2) is 0 Å². The summed E-state index contributed by atoms with van der Waals surface area (Å²) in [5.41, 5.74) is -0.425. The van der Waals surface area contributed by atoms with Crippen LogP contribution in [-0.2, 0) is 0 Å². The fourth-order valence-electron chi connectivity index (χ4n) is 2.23. The first-order chi connectivity index (χ1) is 8.52. The summed E-state index contributed by atoms with van der Waals surface area (Å²) in [5, 5.41) is 13.5. The third-order valence-corrected chi connectivity index (χ3v) is 4.13. The van der Waals surface area contributed by atoms with E-state index in [1.165, 1.54) is 0 Å². The van der Waals surface area contributed by atoms with Crippen molar-refractivity contribution in [3.8, 4) is 0 Å². The van der Waals surface area contributed by atoms with Crippen molar-refractivity contribution in [1.82, 2.24) is 5.32 Å². The Labute approximate surface area is 116 Å². The monoisotopic (exact) mass is 287 g/mol. The van der Waals surface area contributed by atoms with Crippen LogP contribution in [0.4, 0.5) is 0 Å². The standard InChI is InChI=1S/C13H15Cl2NO2/c14-10-5-3-4-9(11(10)15)12(17)16-8-13(18)6-1-2-7-13/h3-5,18H,1-2,6-8H2,(H,16,17). The van der Waals surface area contributed by atoms with Gasteiger partial charge >= 0.3 is 0 Å². The first kappa shape index (κ1) is 13.7. The van der Waals surface area contributed by atoms with E-state index in [2.05, 4.69) is 5.32 Å². The number of carbonyl (C=O) groups is 1. The summed E-state index contributed by atoms with van der Waals surface area (Å²) in [6.07, 6.45) is 3.47. The number of nitrogens with one attached hydrogen (secondary N) is 1. The molecule has 1 aliphatic rings. The average molecular weight is 288 g/mol. The lowest BCUT2D eigenvalue weighted by Gasteiger charge is -2.22. The second-order valence-corrected chi connectivity index (χ2v) is 5.50. The van der Waals surface area contributed by atoms with Crippen LogP contribution in [0.2, 0.25) is 10.0 Å². The highest BCUT2D eigenvalue weighted by molar-refractivity contribution is 6.43. The summed E-state index contributed by atoms with van der Waals surface area (Å²) in [6, 6.07) is 4.92. The SMILES string of the molecule is O=C(NCC1(O)CCCC1)c1cccc(Cl)c1Cl. The van der Waals surface area contributed by atoms with Gasteiger partial charge in [-0.3, -0.25) is 4.79 Å². The molecular weight excluding hydrogens is 273 g/mol. The van der Waals surface area contributed by atoms with Crippen LogP contribution >= 0.6 is 23.2 Å². The Morgan fingerprint density at radius 2 is 2.00 bits per heavy atom. The normalized spacial score (nSPS) is 17.7. The fourth-order valence-corrected chi connectivity index (χ4v) is 2.62. The van der Waals surface area contributed by atoms with E-state index in [1.807, 2.05) is 0 Å². The minimum atomic E-state index is -0.763. The minimum absolute atomic E-state index is 0.245. The van der Waals surface area contributed by atoms with Crippen molar-refractivity contribution < 1.29 is 9.90 Å². The second kappa shape index (κ2) is 5.47. The molecule has 0 spiro atoms. The van der Waals surface area contributed by atoms with Crippen LogP contribution in [0.15, 0.2) is 18.2 Å². The first-order valence-corrected chi connectivity index (χ1v) is 6.72. The van der Waals surface area contributed by atoms with Gasteiger partial charge in [-0.15, -0.1) is 0 Å². The number of carbonyl (C=O) groups excluding carboxylic acids is 1. The number of benzene rings is 1. The molecule has 18 heavy (non-hydrogen) atoms. The summed E-state index contributed by atoms with van der Waals surface area (Å²) in [5.74, 6) is -0.303. The highest BCUT2D eigenvalue weighted by Gasteiger charge is 2.31. The number of hydrogen-bond acceptors (Lipinski definition) is 2. The highest BCUT2D eigenvalue weighted by atomic mass is 35.5. The van der Waals surface area contributed by atoms with E-state index >= 15 is 0 Å². The van der Waals surface area contributed by atoms with Crippen LogP contribution in [0, 0.1) is 0 Å². The van der Waals surface area contributed by atoms with Gasteiger partial charge in [0.1, 0.15) is 0 Å². The van der Waals surface area contributed by atoms with E-state index in [9.17, 15) is 9.90 Å². The molecule has 0 saturated heterocycles. The van der Waals surface area contributed by atoms with E-state index < -0.39 is 5.60 Å². The second-order valence-electron chi connectivity index (χ2n) is 4.72. The Kier molecular flexibility index (Phi) is 4.15. The fraction of sp³-hybridized carbons (Fsp3) is 0.462. The lowest BCUT2D eigenvalue weighted by molar-refractivity contribution is 0.0449. The van der Waals surface area contributed by atoms with Gasteiger partial charge in [-0.25, -0.2) is 0 Å². The number of amides is 1. The summed E-state index contributed by atoms with van der Waals surface area (Å²) in [4.78, 5) is 12.0. The highest BCUT2D eigenvalue weighted by Crippen LogP contribution is 2.29. The van der Waals surface area contributed by atoms with Gasteiger partial charge in [-0.05, 0) is 25.0 Å². The van der Waals surface area contributed by atoms with Crippen LogP contribution < -0.4 is 5.32 Å². The Morgan fingerprint density at radius 3 is 2.67 bits per heavy atom. The zero-order chi connectivity index (χ0) is 13.2. The maximum absolute atomic E-state index is 12.0. The maximum Gasteiger partial charge on any atom is 0.252 e. The largest absolute Gasteiger partial charge is 0.388 e. The molecule has 1 amide bonds. The molecule has 0 atom stereocenters. The molecule has 2 rings (SSSR count). The lowest BCUT2D eigenvalue weighted by atomic mass is 10.0. The topological polar surface area (TPSA) is 49.3 Å². The number of aliphatic hydroxyl groups is 1.